The van der Waals surface area contributed by atoms with Gasteiger partial charge in [-0.25, -0.2) is 4.79 Å². The molecule has 3 rings (SSSR count). The summed E-state index contributed by atoms with van der Waals surface area (Å²) in [6.07, 6.45) is 3.60. The van der Waals surface area contributed by atoms with Crippen molar-refractivity contribution in [1.29, 1.82) is 0 Å². The van der Waals surface area contributed by atoms with Crippen molar-refractivity contribution >= 4 is 23.8 Å². The van der Waals surface area contributed by atoms with Crippen molar-refractivity contribution in [2.24, 2.45) is 16.8 Å². The van der Waals surface area contributed by atoms with Gasteiger partial charge in [0.25, 0.3) is 5.91 Å². The van der Waals surface area contributed by atoms with Crippen LogP contribution in [-0.2, 0) is 9.59 Å². The molecule has 9 heteroatoms. The molecular weight excluding hydrogens is 336 g/mol. The fourth-order valence-electron chi connectivity index (χ4n) is 3.70. The zero-order valence-electron chi connectivity index (χ0n) is 15.4. The van der Waals surface area contributed by atoms with Crippen LogP contribution in [-0.4, -0.2) is 67.5 Å². The Bertz CT molecular complexity index is 610. The highest BCUT2D eigenvalue weighted by Crippen LogP contribution is 2.30. The summed E-state index contributed by atoms with van der Waals surface area (Å²) in [5.74, 6) is 1.03. The van der Waals surface area contributed by atoms with Crippen LogP contribution in [0.2, 0.25) is 0 Å². The van der Waals surface area contributed by atoms with Crippen molar-refractivity contribution in [2.45, 2.75) is 38.1 Å². The lowest BCUT2D eigenvalue weighted by Crippen LogP contribution is -2.55. The largest absolute Gasteiger partial charge is 0.354 e. The predicted octanol–water partition coefficient (Wildman–Crippen LogP) is -0.602. The van der Waals surface area contributed by atoms with Crippen LogP contribution >= 0.6 is 0 Å². The molecule has 0 aromatic carbocycles. The number of carbonyl (C=O) groups excluding carboxylic acids is 3. The zero-order chi connectivity index (χ0) is 18.7. The number of likely N-dealkylation sites (tertiary alicyclic amines) is 1. The smallest absolute Gasteiger partial charge is 0.322 e. The van der Waals surface area contributed by atoms with Crippen LogP contribution in [0.3, 0.4) is 0 Å². The molecule has 0 aromatic heterocycles. The topological polar surface area (TPSA) is 115 Å². The first-order chi connectivity index (χ1) is 12.4. The molecule has 3 fully saturated rings. The summed E-state index contributed by atoms with van der Waals surface area (Å²) in [4.78, 5) is 41.6. The number of rotatable bonds is 5. The van der Waals surface area contributed by atoms with Crippen molar-refractivity contribution in [3.63, 3.8) is 0 Å². The number of guanidine groups is 1. The van der Waals surface area contributed by atoms with Crippen LogP contribution in [0.15, 0.2) is 4.99 Å². The Kier molecular flexibility index (Phi) is 5.33. The van der Waals surface area contributed by atoms with Crippen molar-refractivity contribution in [3.8, 4) is 0 Å². The lowest BCUT2D eigenvalue weighted by atomic mass is 9.79. The quantitative estimate of drug-likeness (QED) is 0.225. The van der Waals surface area contributed by atoms with Crippen LogP contribution in [0, 0.1) is 11.8 Å². The molecule has 1 saturated carbocycles. The highest BCUT2D eigenvalue weighted by Gasteiger charge is 2.48. The molecule has 0 aromatic rings. The van der Waals surface area contributed by atoms with E-state index in [1.165, 1.54) is 0 Å². The maximum Gasteiger partial charge on any atom is 0.322 e. The molecule has 144 valence electrons. The van der Waals surface area contributed by atoms with Gasteiger partial charge >= 0.3 is 6.03 Å². The van der Waals surface area contributed by atoms with Crippen LogP contribution in [0.5, 0.6) is 0 Å². The van der Waals surface area contributed by atoms with Gasteiger partial charge in [-0.05, 0) is 38.5 Å². The minimum Gasteiger partial charge on any atom is -0.354 e. The number of imide groups is 1. The average Bonchev–Trinajstić information content (AvgIpc) is 3.43. The number of hydrogen-bond acceptors (Lipinski definition) is 4. The number of hydrogen-bond donors (Lipinski definition) is 4. The first kappa shape index (κ1) is 18.5. The highest BCUT2D eigenvalue weighted by atomic mass is 16.2. The van der Waals surface area contributed by atoms with Gasteiger partial charge in [-0.2, -0.15) is 0 Å². The molecule has 1 unspecified atom stereocenters. The monoisotopic (exact) mass is 364 g/mol. The average molecular weight is 364 g/mol. The third-order valence-electron chi connectivity index (χ3n) is 5.55. The standard InChI is InChI=1S/C17H28N6O3/c1-17(14(25)21-16(26)22-17)12-5-9-23(10-6-12)15(18-2)20-8-7-19-13(24)11-3-4-11/h11-12H,3-10H2,1-2H3,(H,18,20)(H,19,24)(H2,21,22,25,26). The lowest BCUT2D eigenvalue weighted by Gasteiger charge is -2.39. The van der Waals surface area contributed by atoms with Gasteiger partial charge in [0.05, 0.1) is 0 Å². The van der Waals surface area contributed by atoms with Gasteiger partial charge in [0.15, 0.2) is 5.96 Å². The first-order valence-electron chi connectivity index (χ1n) is 9.31. The van der Waals surface area contributed by atoms with Gasteiger partial charge in [0.2, 0.25) is 5.91 Å². The fraction of sp³-hybridized carbons (Fsp3) is 0.765. The minimum absolute atomic E-state index is 0.0983. The molecule has 2 heterocycles. The molecule has 0 spiro atoms. The third kappa shape index (κ3) is 3.91. The lowest BCUT2D eigenvalue weighted by molar-refractivity contribution is -0.125. The summed E-state index contributed by atoms with van der Waals surface area (Å²) < 4.78 is 0. The Hall–Kier alpha value is -2.32. The van der Waals surface area contributed by atoms with E-state index in [0.29, 0.717) is 13.1 Å². The Balaban J connectivity index is 1.43. The van der Waals surface area contributed by atoms with Gasteiger partial charge in [-0.15, -0.1) is 0 Å². The van der Waals surface area contributed by atoms with Crippen molar-refractivity contribution in [1.82, 2.24) is 26.2 Å². The van der Waals surface area contributed by atoms with E-state index in [2.05, 4.69) is 31.2 Å². The summed E-state index contributed by atoms with van der Waals surface area (Å²) in [6, 6.07) is -0.411. The molecule has 1 aliphatic carbocycles. The van der Waals surface area contributed by atoms with Gasteiger partial charge in [-0.3, -0.25) is 19.9 Å². The second-order valence-electron chi connectivity index (χ2n) is 7.41. The maximum absolute atomic E-state index is 12.1. The molecule has 2 aliphatic heterocycles. The van der Waals surface area contributed by atoms with Gasteiger partial charge in [0.1, 0.15) is 5.54 Å². The number of nitrogens with zero attached hydrogens (tertiary/aromatic N) is 2. The molecule has 0 bridgehead atoms. The van der Waals surface area contributed by atoms with Gasteiger partial charge < -0.3 is 20.9 Å². The van der Waals surface area contributed by atoms with Gasteiger partial charge in [0, 0.05) is 39.1 Å². The summed E-state index contributed by atoms with van der Waals surface area (Å²) in [7, 11) is 1.74. The van der Waals surface area contributed by atoms with Crippen LogP contribution in [0.1, 0.15) is 32.6 Å². The summed E-state index contributed by atoms with van der Waals surface area (Å²) in [5.41, 5.74) is -0.826. The second kappa shape index (κ2) is 7.51. The van der Waals surface area contributed by atoms with E-state index in [-0.39, 0.29) is 23.7 Å². The number of carbonyl (C=O) groups is 3. The van der Waals surface area contributed by atoms with E-state index in [1.807, 2.05) is 0 Å². The number of nitrogens with one attached hydrogen (secondary N) is 4. The maximum atomic E-state index is 12.1. The van der Waals surface area contributed by atoms with E-state index in [4.69, 9.17) is 0 Å². The molecule has 3 aliphatic rings. The van der Waals surface area contributed by atoms with E-state index >= 15 is 0 Å². The summed E-state index contributed by atoms with van der Waals surface area (Å²) in [5, 5.41) is 11.3. The number of urea groups is 1. The SMILES string of the molecule is CN=C(NCCNC(=O)C1CC1)N1CCC(C2(C)NC(=O)NC2=O)CC1. The minimum atomic E-state index is -0.826. The fourth-order valence-corrected chi connectivity index (χ4v) is 3.70. The number of piperidine rings is 1. The van der Waals surface area contributed by atoms with Crippen LogP contribution in [0.4, 0.5) is 4.79 Å². The Labute approximate surface area is 153 Å². The van der Waals surface area contributed by atoms with E-state index in [0.717, 1.165) is 44.7 Å². The molecule has 2 saturated heterocycles. The first-order valence-corrected chi connectivity index (χ1v) is 9.31. The Morgan fingerprint density at radius 3 is 2.38 bits per heavy atom. The third-order valence-corrected chi connectivity index (χ3v) is 5.55. The highest BCUT2D eigenvalue weighted by molar-refractivity contribution is 6.07. The number of aliphatic imine (C=N–C) groups is 1. The molecule has 4 N–H and O–H groups in total. The zero-order valence-corrected chi connectivity index (χ0v) is 15.4. The summed E-state index contributed by atoms with van der Waals surface area (Å²) >= 11 is 0. The Morgan fingerprint density at radius 2 is 1.85 bits per heavy atom. The van der Waals surface area contributed by atoms with E-state index in [1.54, 1.807) is 14.0 Å². The van der Waals surface area contributed by atoms with Crippen molar-refractivity contribution in [3.05, 3.63) is 0 Å². The predicted molar refractivity (Wildman–Crippen MR) is 96.5 cm³/mol. The Morgan fingerprint density at radius 1 is 1.19 bits per heavy atom. The molecule has 0 radical (unpaired) electrons. The summed E-state index contributed by atoms with van der Waals surface area (Å²) in [6.45, 7) is 4.52. The molecule has 1 atom stereocenters. The molecule has 4 amide bonds. The van der Waals surface area contributed by atoms with Gasteiger partial charge in [-0.1, -0.05) is 0 Å². The number of amides is 4. The van der Waals surface area contributed by atoms with E-state index < -0.39 is 11.6 Å². The van der Waals surface area contributed by atoms with Crippen molar-refractivity contribution in [2.75, 3.05) is 33.2 Å². The molecule has 26 heavy (non-hydrogen) atoms. The van der Waals surface area contributed by atoms with Crippen molar-refractivity contribution < 1.29 is 14.4 Å². The molecular formula is C17H28N6O3. The normalized spacial score (nSPS) is 27.2. The second-order valence-corrected chi connectivity index (χ2v) is 7.41. The van der Waals surface area contributed by atoms with E-state index in [9.17, 15) is 14.4 Å². The van der Waals surface area contributed by atoms with Crippen LogP contribution < -0.4 is 21.3 Å². The van der Waals surface area contributed by atoms with Crippen LogP contribution in [0.25, 0.3) is 0 Å². The molecule has 9 nitrogen and oxygen atoms in total.